The van der Waals surface area contributed by atoms with Gasteiger partial charge in [0.1, 0.15) is 23.8 Å². The SMILES string of the molecule is FCCn1ncnc1CN1CCCC[C@@H]1c1nc2ccccc2s1. The highest BCUT2D eigenvalue weighted by Gasteiger charge is 2.27. The van der Waals surface area contributed by atoms with Crippen LogP contribution in [0.4, 0.5) is 4.39 Å². The van der Waals surface area contributed by atoms with Gasteiger partial charge < -0.3 is 0 Å². The molecule has 1 saturated heterocycles. The Bertz CT molecular complexity index is 781. The summed E-state index contributed by atoms with van der Waals surface area (Å²) in [4.78, 5) is 11.6. The number of benzene rings is 1. The first kappa shape index (κ1) is 15.7. The van der Waals surface area contributed by atoms with E-state index in [-0.39, 0.29) is 6.54 Å². The summed E-state index contributed by atoms with van der Waals surface area (Å²) in [6, 6.07) is 8.60. The third kappa shape index (κ3) is 3.06. The number of likely N-dealkylation sites (tertiary alicyclic amines) is 1. The van der Waals surface area contributed by atoms with Gasteiger partial charge in [0, 0.05) is 0 Å². The van der Waals surface area contributed by atoms with Crippen molar-refractivity contribution in [2.45, 2.75) is 38.4 Å². The predicted molar refractivity (Wildman–Crippen MR) is 92.6 cm³/mol. The van der Waals surface area contributed by atoms with Crippen molar-refractivity contribution in [1.29, 1.82) is 0 Å². The van der Waals surface area contributed by atoms with Crippen LogP contribution in [0, 0.1) is 0 Å². The minimum absolute atomic E-state index is 0.273. The maximum atomic E-state index is 12.7. The predicted octanol–water partition coefficient (Wildman–Crippen LogP) is 3.58. The van der Waals surface area contributed by atoms with Gasteiger partial charge in [-0.15, -0.1) is 11.3 Å². The molecule has 7 heteroatoms. The average Bonchev–Trinajstić information content (AvgIpc) is 3.22. The fourth-order valence-corrected chi connectivity index (χ4v) is 4.49. The summed E-state index contributed by atoms with van der Waals surface area (Å²) >= 11 is 1.78. The number of para-hydroxylation sites is 1. The highest BCUT2D eigenvalue weighted by atomic mass is 32.1. The highest BCUT2D eigenvalue weighted by Crippen LogP contribution is 2.36. The Morgan fingerprint density at radius 2 is 2.17 bits per heavy atom. The summed E-state index contributed by atoms with van der Waals surface area (Å²) in [6.45, 7) is 1.57. The van der Waals surface area contributed by atoms with E-state index in [0.29, 0.717) is 12.6 Å². The second-order valence-electron chi connectivity index (χ2n) is 6.09. The van der Waals surface area contributed by atoms with Crippen molar-refractivity contribution in [3.05, 3.63) is 41.4 Å². The molecule has 1 fully saturated rings. The number of halogens is 1. The fourth-order valence-electron chi connectivity index (χ4n) is 3.35. The third-order valence-electron chi connectivity index (χ3n) is 4.55. The molecule has 126 valence electrons. The number of fused-ring (bicyclic) bond motifs is 1. The number of aryl methyl sites for hydroxylation is 1. The molecule has 24 heavy (non-hydrogen) atoms. The second-order valence-corrected chi connectivity index (χ2v) is 7.15. The van der Waals surface area contributed by atoms with E-state index < -0.39 is 6.67 Å². The molecule has 0 spiro atoms. The maximum absolute atomic E-state index is 12.7. The van der Waals surface area contributed by atoms with Crippen LogP contribution in [0.5, 0.6) is 0 Å². The van der Waals surface area contributed by atoms with E-state index >= 15 is 0 Å². The highest BCUT2D eigenvalue weighted by molar-refractivity contribution is 7.18. The van der Waals surface area contributed by atoms with Crippen LogP contribution in [-0.4, -0.2) is 37.9 Å². The van der Waals surface area contributed by atoms with Crippen LogP contribution in [0.15, 0.2) is 30.6 Å². The summed E-state index contributed by atoms with van der Waals surface area (Å²) < 4.78 is 15.6. The molecular weight excluding hydrogens is 325 g/mol. The lowest BCUT2D eigenvalue weighted by molar-refractivity contribution is 0.134. The molecule has 4 rings (SSSR count). The number of hydrogen-bond acceptors (Lipinski definition) is 5. The van der Waals surface area contributed by atoms with Gasteiger partial charge in [-0.2, -0.15) is 5.10 Å². The number of nitrogens with zero attached hydrogens (tertiary/aromatic N) is 5. The molecule has 3 heterocycles. The standard InChI is InChI=1S/C17H20FN5S/c18-8-10-23-16(19-12-20-23)11-22-9-4-3-6-14(22)17-21-13-5-1-2-7-15(13)24-17/h1-2,5,7,12,14H,3-4,6,8-11H2/t14-/m1/s1. The Morgan fingerprint density at radius 1 is 1.25 bits per heavy atom. The third-order valence-corrected chi connectivity index (χ3v) is 5.68. The first-order valence-electron chi connectivity index (χ1n) is 8.37. The van der Waals surface area contributed by atoms with Gasteiger partial charge in [-0.1, -0.05) is 18.6 Å². The topological polar surface area (TPSA) is 46.8 Å². The Kier molecular flexibility index (Phi) is 4.53. The van der Waals surface area contributed by atoms with Gasteiger partial charge in [0.2, 0.25) is 0 Å². The van der Waals surface area contributed by atoms with Crippen molar-refractivity contribution in [3.8, 4) is 0 Å². The van der Waals surface area contributed by atoms with Crippen LogP contribution in [-0.2, 0) is 13.1 Å². The fraction of sp³-hybridized carbons (Fsp3) is 0.471. The van der Waals surface area contributed by atoms with E-state index in [0.717, 1.165) is 24.3 Å². The maximum Gasteiger partial charge on any atom is 0.141 e. The van der Waals surface area contributed by atoms with Crippen LogP contribution in [0.1, 0.15) is 36.1 Å². The van der Waals surface area contributed by atoms with Crippen LogP contribution < -0.4 is 0 Å². The van der Waals surface area contributed by atoms with Crippen LogP contribution in [0.25, 0.3) is 10.2 Å². The summed E-state index contributed by atoms with van der Waals surface area (Å²) in [5, 5.41) is 5.30. The zero-order chi connectivity index (χ0) is 16.4. The molecule has 1 aliphatic heterocycles. The van der Waals surface area contributed by atoms with Crippen molar-refractivity contribution in [2.24, 2.45) is 0 Å². The molecule has 0 unspecified atom stereocenters. The van der Waals surface area contributed by atoms with Crippen molar-refractivity contribution in [2.75, 3.05) is 13.2 Å². The number of aromatic nitrogens is 4. The summed E-state index contributed by atoms with van der Waals surface area (Å²) in [5.41, 5.74) is 1.07. The Morgan fingerprint density at radius 3 is 3.04 bits per heavy atom. The zero-order valence-electron chi connectivity index (χ0n) is 13.4. The second kappa shape index (κ2) is 6.94. The number of alkyl halides is 1. The first-order chi connectivity index (χ1) is 11.8. The van der Waals surface area contributed by atoms with Crippen molar-refractivity contribution in [3.63, 3.8) is 0 Å². The first-order valence-corrected chi connectivity index (χ1v) is 9.19. The monoisotopic (exact) mass is 345 g/mol. The van der Waals surface area contributed by atoms with Crippen molar-refractivity contribution < 1.29 is 4.39 Å². The molecule has 0 N–H and O–H groups in total. The van der Waals surface area contributed by atoms with Gasteiger partial charge in [-0.3, -0.25) is 4.90 Å². The van der Waals surface area contributed by atoms with E-state index in [1.807, 2.05) is 6.07 Å². The normalized spacial score (nSPS) is 19.1. The van der Waals surface area contributed by atoms with E-state index in [9.17, 15) is 4.39 Å². The van der Waals surface area contributed by atoms with Gasteiger partial charge in [0.25, 0.3) is 0 Å². The van der Waals surface area contributed by atoms with Gasteiger partial charge in [-0.25, -0.2) is 19.0 Å². The van der Waals surface area contributed by atoms with Crippen molar-refractivity contribution in [1.82, 2.24) is 24.6 Å². The number of thiazole rings is 1. The number of piperidine rings is 1. The molecule has 1 atom stereocenters. The smallest absolute Gasteiger partial charge is 0.141 e. The molecule has 0 amide bonds. The van der Waals surface area contributed by atoms with Gasteiger partial charge in [0.15, 0.2) is 0 Å². The molecule has 1 aliphatic rings. The Balaban J connectivity index is 1.59. The van der Waals surface area contributed by atoms with Crippen LogP contribution in [0.3, 0.4) is 0 Å². The van der Waals surface area contributed by atoms with E-state index in [1.54, 1.807) is 16.0 Å². The molecule has 0 bridgehead atoms. The largest absolute Gasteiger partial charge is 0.287 e. The van der Waals surface area contributed by atoms with Gasteiger partial charge >= 0.3 is 0 Å². The van der Waals surface area contributed by atoms with Crippen LogP contribution in [0.2, 0.25) is 0 Å². The summed E-state index contributed by atoms with van der Waals surface area (Å²) in [6.07, 6.45) is 5.02. The van der Waals surface area contributed by atoms with E-state index in [4.69, 9.17) is 4.98 Å². The molecule has 0 saturated carbocycles. The minimum atomic E-state index is -0.419. The Labute approximate surface area is 144 Å². The number of hydrogen-bond donors (Lipinski definition) is 0. The molecule has 1 aromatic carbocycles. The van der Waals surface area contributed by atoms with E-state index in [2.05, 4.69) is 33.2 Å². The molecule has 0 radical (unpaired) electrons. The van der Waals surface area contributed by atoms with E-state index in [1.165, 1.54) is 28.9 Å². The van der Waals surface area contributed by atoms with Crippen molar-refractivity contribution >= 4 is 21.6 Å². The van der Waals surface area contributed by atoms with Crippen LogP contribution >= 0.6 is 11.3 Å². The zero-order valence-corrected chi connectivity index (χ0v) is 14.3. The quantitative estimate of drug-likeness (QED) is 0.709. The number of rotatable bonds is 5. The lowest BCUT2D eigenvalue weighted by atomic mass is 10.0. The lowest BCUT2D eigenvalue weighted by Gasteiger charge is -2.34. The molecule has 3 aromatic rings. The minimum Gasteiger partial charge on any atom is -0.287 e. The summed E-state index contributed by atoms with van der Waals surface area (Å²) in [7, 11) is 0. The van der Waals surface area contributed by atoms with Gasteiger partial charge in [0.05, 0.1) is 29.3 Å². The average molecular weight is 345 g/mol. The Hall–Kier alpha value is -1.86. The molecule has 5 nitrogen and oxygen atoms in total. The lowest BCUT2D eigenvalue weighted by Crippen LogP contribution is -2.34. The van der Waals surface area contributed by atoms with Gasteiger partial charge in [-0.05, 0) is 31.5 Å². The molecular formula is C17H20FN5S. The summed E-state index contributed by atoms with van der Waals surface area (Å²) in [5.74, 6) is 0.834. The molecule has 2 aromatic heterocycles. The molecule has 0 aliphatic carbocycles.